The maximum absolute atomic E-state index is 11.7. The average molecular weight is 270 g/mol. The molecule has 0 aliphatic heterocycles. The first kappa shape index (κ1) is 15.1. The standard InChI is InChI=1S/C13H22N2O2S/c1-11(2)14-7-8-18(16,17)15-10-13-6-4-5-12(3)9-13/h4-6,9,11,14-15H,7-8,10H2,1-3H3. The summed E-state index contributed by atoms with van der Waals surface area (Å²) in [6.07, 6.45) is 0. The van der Waals surface area contributed by atoms with E-state index in [0.29, 0.717) is 19.1 Å². The predicted molar refractivity (Wildman–Crippen MR) is 74.9 cm³/mol. The molecule has 1 aromatic carbocycles. The molecule has 18 heavy (non-hydrogen) atoms. The molecule has 0 amide bonds. The predicted octanol–water partition coefficient (Wildman–Crippen LogP) is 1.41. The lowest BCUT2D eigenvalue weighted by Gasteiger charge is -2.10. The molecule has 0 atom stereocenters. The van der Waals surface area contributed by atoms with Gasteiger partial charge in [-0.15, -0.1) is 0 Å². The molecule has 1 rings (SSSR count). The number of benzene rings is 1. The monoisotopic (exact) mass is 270 g/mol. The van der Waals surface area contributed by atoms with Gasteiger partial charge in [-0.2, -0.15) is 0 Å². The van der Waals surface area contributed by atoms with E-state index in [2.05, 4.69) is 10.0 Å². The van der Waals surface area contributed by atoms with E-state index in [1.54, 1.807) is 0 Å². The van der Waals surface area contributed by atoms with E-state index in [1.165, 1.54) is 0 Å². The van der Waals surface area contributed by atoms with Crippen LogP contribution in [-0.2, 0) is 16.6 Å². The normalized spacial score (nSPS) is 12.0. The fourth-order valence-corrected chi connectivity index (χ4v) is 2.49. The summed E-state index contributed by atoms with van der Waals surface area (Å²) in [5.74, 6) is 0.108. The van der Waals surface area contributed by atoms with Crippen LogP contribution in [0.3, 0.4) is 0 Å². The van der Waals surface area contributed by atoms with Gasteiger partial charge in [0.15, 0.2) is 0 Å². The Hall–Kier alpha value is -0.910. The maximum atomic E-state index is 11.7. The number of aryl methyl sites for hydroxylation is 1. The maximum Gasteiger partial charge on any atom is 0.213 e. The first-order chi connectivity index (χ1) is 8.39. The van der Waals surface area contributed by atoms with Crippen molar-refractivity contribution in [2.24, 2.45) is 0 Å². The van der Waals surface area contributed by atoms with E-state index in [-0.39, 0.29) is 5.75 Å². The zero-order valence-electron chi connectivity index (χ0n) is 11.2. The lowest BCUT2D eigenvalue weighted by molar-refractivity contribution is 0.566. The van der Waals surface area contributed by atoms with Gasteiger partial charge in [0.05, 0.1) is 5.75 Å². The summed E-state index contributed by atoms with van der Waals surface area (Å²) in [6, 6.07) is 8.12. The number of hydrogen-bond donors (Lipinski definition) is 2. The van der Waals surface area contributed by atoms with Crippen LogP contribution in [0, 0.1) is 6.92 Å². The third-order valence-corrected chi connectivity index (χ3v) is 3.83. The molecule has 0 saturated heterocycles. The molecule has 0 saturated carbocycles. The van der Waals surface area contributed by atoms with Gasteiger partial charge in [-0.3, -0.25) is 0 Å². The van der Waals surface area contributed by atoms with Crippen molar-refractivity contribution in [2.45, 2.75) is 33.4 Å². The molecule has 0 fully saturated rings. The minimum atomic E-state index is -3.20. The molecule has 0 spiro atoms. The van der Waals surface area contributed by atoms with Gasteiger partial charge in [0.2, 0.25) is 10.0 Å². The molecule has 4 nitrogen and oxygen atoms in total. The van der Waals surface area contributed by atoms with Gasteiger partial charge in [-0.05, 0) is 12.5 Å². The van der Waals surface area contributed by atoms with Crippen molar-refractivity contribution in [2.75, 3.05) is 12.3 Å². The minimum Gasteiger partial charge on any atom is -0.313 e. The fraction of sp³-hybridized carbons (Fsp3) is 0.538. The van der Waals surface area contributed by atoms with Gasteiger partial charge < -0.3 is 5.32 Å². The third-order valence-electron chi connectivity index (χ3n) is 2.50. The highest BCUT2D eigenvalue weighted by atomic mass is 32.2. The summed E-state index contributed by atoms with van der Waals surface area (Å²) in [7, 11) is -3.20. The molecule has 0 aliphatic carbocycles. The molecular weight excluding hydrogens is 248 g/mol. The lowest BCUT2D eigenvalue weighted by Crippen LogP contribution is -2.34. The van der Waals surface area contributed by atoms with Crippen LogP contribution in [0.15, 0.2) is 24.3 Å². The smallest absolute Gasteiger partial charge is 0.213 e. The van der Waals surface area contributed by atoms with Gasteiger partial charge in [-0.1, -0.05) is 43.7 Å². The molecule has 1 aromatic rings. The van der Waals surface area contributed by atoms with Crippen molar-refractivity contribution in [3.63, 3.8) is 0 Å². The minimum absolute atomic E-state index is 0.108. The molecule has 0 aliphatic rings. The van der Waals surface area contributed by atoms with Gasteiger partial charge in [-0.25, -0.2) is 13.1 Å². The van der Waals surface area contributed by atoms with Crippen molar-refractivity contribution in [1.29, 1.82) is 0 Å². The second kappa shape index (κ2) is 6.87. The SMILES string of the molecule is Cc1cccc(CNS(=O)(=O)CCNC(C)C)c1. The van der Waals surface area contributed by atoms with E-state index in [4.69, 9.17) is 0 Å². The topological polar surface area (TPSA) is 58.2 Å². The second-order valence-corrected chi connectivity index (χ2v) is 6.66. The zero-order valence-corrected chi connectivity index (χ0v) is 12.0. The fourth-order valence-electron chi connectivity index (χ4n) is 1.57. The Morgan fingerprint density at radius 1 is 1.28 bits per heavy atom. The number of rotatable bonds is 7. The van der Waals surface area contributed by atoms with Crippen molar-refractivity contribution < 1.29 is 8.42 Å². The van der Waals surface area contributed by atoms with E-state index in [0.717, 1.165) is 11.1 Å². The molecule has 0 radical (unpaired) electrons. The van der Waals surface area contributed by atoms with Crippen molar-refractivity contribution in [1.82, 2.24) is 10.0 Å². The van der Waals surface area contributed by atoms with Crippen LogP contribution in [0.25, 0.3) is 0 Å². The molecule has 0 unspecified atom stereocenters. The van der Waals surface area contributed by atoms with E-state index >= 15 is 0 Å². The molecule has 102 valence electrons. The largest absolute Gasteiger partial charge is 0.313 e. The van der Waals surface area contributed by atoms with Crippen molar-refractivity contribution in [3.8, 4) is 0 Å². The molecular formula is C13H22N2O2S. The Labute approximate surface area is 110 Å². The van der Waals surface area contributed by atoms with Crippen LogP contribution < -0.4 is 10.0 Å². The Kier molecular flexibility index (Phi) is 5.78. The second-order valence-electron chi connectivity index (χ2n) is 4.74. The Morgan fingerprint density at radius 2 is 2.00 bits per heavy atom. The van der Waals surface area contributed by atoms with E-state index in [9.17, 15) is 8.42 Å². The Balaban J connectivity index is 2.42. The van der Waals surface area contributed by atoms with Crippen LogP contribution in [0.2, 0.25) is 0 Å². The van der Waals surface area contributed by atoms with E-state index < -0.39 is 10.0 Å². The van der Waals surface area contributed by atoms with E-state index in [1.807, 2.05) is 45.0 Å². The summed E-state index contributed by atoms with van der Waals surface area (Å²) >= 11 is 0. The van der Waals surface area contributed by atoms with Crippen LogP contribution in [0.4, 0.5) is 0 Å². The molecule has 0 heterocycles. The zero-order chi connectivity index (χ0) is 13.6. The quantitative estimate of drug-likeness (QED) is 0.787. The summed E-state index contributed by atoms with van der Waals surface area (Å²) in [6.45, 7) is 6.80. The van der Waals surface area contributed by atoms with Gasteiger partial charge in [0, 0.05) is 19.1 Å². The third kappa shape index (κ3) is 6.14. The Morgan fingerprint density at radius 3 is 2.61 bits per heavy atom. The van der Waals surface area contributed by atoms with Crippen LogP contribution in [0.5, 0.6) is 0 Å². The van der Waals surface area contributed by atoms with Crippen LogP contribution in [0.1, 0.15) is 25.0 Å². The van der Waals surface area contributed by atoms with Crippen molar-refractivity contribution in [3.05, 3.63) is 35.4 Å². The van der Waals surface area contributed by atoms with Gasteiger partial charge in [0.1, 0.15) is 0 Å². The lowest BCUT2D eigenvalue weighted by atomic mass is 10.1. The molecule has 0 bridgehead atoms. The highest BCUT2D eigenvalue weighted by Gasteiger charge is 2.09. The average Bonchev–Trinajstić information content (AvgIpc) is 2.26. The summed E-state index contributed by atoms with van der Waals surface area (Å²) in [5, 5.41) is 3.09. The van der Waals surface area contributed by atoms with Crippen LogP contribution >= 0.6 is 0 Å². The molecule has 5 heteroatoms. The number of hydrogen-bond acceptors (Lipinski definition) is 3. The number of sulfonamides is 1. The van der Waals surface area contributed by atoms with Crippen molar-refractivity contribution >= 4 is 10.0 Å². The molecule has 0 aromatic heterocycles. The van der Waals surface area contributed by atoms with Crippen LogP contribution in [-0.4, -0.2) is 26.8 Å². The van der Waals surface area contributed by atoms with Gasteiger partial charge in [0.25, 0.3) is 0 Å². The molecule has 2 N–H and O–H groups in total. The highest BCUT2D eigenvalue weighted by Crippen LogP contribution is 2.03. The number of nitrogens with one attached hydrogen (secondary N) is 2. The highest BCUT2D eigenvalue weighted by molar-refractivity contribution is 7.89. The van der Waals surface area contributed by atoms with Gasteiger partial charge >= 0.3 is 0 Å². The summed E-state index contributed by atoms with van der Waals surface area (Å²) in [5.41, 5.74) is 2.11. The summed E-state index contributed by atoms with van der Waals surface area (Å²) < 4.78 is 26.0. The first-order valence-corrected chi connectivity index (χ1v) is 7.80. The first-order valence-electron chi connectivity index (χ1n) is 6.15. The Bertz CT molecular complexity index is 470. The summed E-state index contributed by atoms with van der Waals surface area (Å²) in [4.78, 5) is 0.